The van der Waals surface area contributed by atoms with Gasteiger partial charge in [0.05, 0.1) is 0 Å². The molecular formula is C12H16F3N3OS. The Hall–Kier alpha value is -1.41. The summed E-state index contributed by atoms with van der Waals surface area (Å²) in [5, 5.41) is 4.92. The van der Waals surface area contributed by atoms with Gasteiger partial charge in [0, 0.05) is 25.4 Å². The van der Waals surface area contributed by atoms with Crippen LogP contribution in [0.3, 0.4) is 0 Å². The second-order valence-corrected chi connectivity index (χ2v) is 5.08. The van der Waals surface area contributed by atoms with E-state index in [0.29, 0.717) is 13.1 Å². The lowest BCUT2D eigenvalue weighted by Gasteiger charge is -2.09. The van der Waals surface area contributed by atoms with Crippen LogP contribution in [0.5, 0.6) is 0 Å². The molecule has 2 amide bonds. The molecule has 0 aliphatic rings. The highest BCUT2D eigenvalue weighted by atomic mass is 32.2. The molecule has 0 heterocycles. The number of hydrogen-bond acceptors (Lipinski definition) is 3. The Kier molecular flexibility index (Phi) is 6.66. The summed E-state index contributed by atoms with van der Waals surface area (Å²) in [7, 11) is 0. The summed E-state index contributed by atoms with van der Waals surface area (Å²) in [4.78, 5) is 11.3. The van der Waals surface area contributed by atoms with Gasteiger partial charge in [-0.25, -0.2) is 4.79 Å². The summed E-state index contributed by atoms with van der Waals surface area (Å²) >= 11 is -0.160. The van der Waals surface area contributed by atoms with Gasteiger partial charge in [-0.2, -0.15) is 13.2 Å². The molecule has 0 saturated heterocycles. The summed E-state index contributed by atoms with van der Waals surface area (Å²) in [5.41, 5.74) is 3.08. The maximum absolute atomic E-state index is 11.8. The number of carbonyl (C=O) groups is 1. The van der Waals surface area contributed by atoms with E-state index in [2.05, 4.69) is 10.6 Å². The van der Waals surface area contributed by atoms with Crippen molar-refractivity contribution >= 4 is 17.8 Å². The average molecular weight is 307 g/mol. The molecule has 20 heavy (non-hydrogen) atoms. The van der Waals surface area contributed by atoms with E-state index in [-0.39, 0.29) is 24.1 Å². The van der Waals surface area contributed by atoms with Crippen LogP contribution in [0.1, 0.15) is 11.1 Å². The molecule has 0 fully saturated rings. The van der Waals surface area contributed by atoms with Gasteiger partial charge in [0.1, 0.15) is 0 Å². The maximum atomic E-state index is 11.8. The quantitative estimate of drug-likeness (QED) is 0.706. The molecule has 0 aliphatic heterocycles. The standard InChI is InChI=1S/C12H16F3N3OS/c13-12(14,15)20-6-5-17-11(19)18-8-10-3-1-9(7-16)2-4-10/h1-4H,5-8,16H2,(H2,17,18,19). The van der Waals surface area contributed by atoms with E-state index in [4.69, 9.17) is 5.73 Å². The number of nitrogens with one attached hydrogen (secondary N) is 2. The smallest absolute Gasteiger partial charge is 0.337 e. The van der Waals surface area contributed by atoms with Crippen LogP contribution in [0.15, 0.2) is 24.3 Å². The van der Waals surface area contributed by atoms with Crippen LogP contribution in [0, 0.1) is 0 Å². The second kappa shape index (κ2) is 8.01. The lowest BCUT2D eigenvalue weighted by molar-refractivity contribution is -0.0327. The van der Waals surface area contributed by atoms with Gasteiger partial charge in [0.25, 0.3) is 0 Å². The molecule has 1 aromatic carbocycles. The number of alkyl halides is 3. The molecule has 0 atom stereocenters. The van der Waals surface area contributed by atoms with Crippen LogP contribution >= 0.6 is 11.8 Å². The number of thioether (sulfide) groups is 1. The fraction of sp³-hybridized carbons (Fsp3) is 0.417. The molecule has 0 aliphatic carbocycles. The molecule has 4 N–H and O–H groups in total. The number of benzene rings is 1. The van der Waals surface area contributed by atoms with Crippen LogP contribution in [0.25, 0.3) is 0 Å². The molecule has 0 bridgehead atoms. The normalized spacial score (nSPS) is 11.2. The molecule has 8 heteroatoms. The van der Waals surface area contributed by atoms with Crippen LogP contribution in [0.4, 0.5) is 18.0 Å². The third-order valence-corrected chi connectivity index (χ3v) is 3.10. The van der Waals surface area contributed by atoms with Crippen molar-refractivity contribution in [2.24, 2.45) is 5.73 Å². The number of urea groups is 1. The van der Waals surface area contributed by atoms with Crippen molar-refractivity contribution in [1.29, 1.82) is 0 Å². The topological polar surface area (TPSA) is 67.1 Å². The van der Waals surface area contributed by atoms with Gasteiger partial charge in [0.15, 0.2) is 0 Å². The SMILES string of the molecule is NCc1ccc(CNC(=O)NCCSC(F)(F)F)cc1. The largest absolute Gasteiger partial charge is 0.441 e. The van der Waals surface area contributed by atoms with Crippen LogP contribution in [-0.4, -0.2) is 23.8 Å². The van der Waals surface area contributed by atoms with Gasteiger partial charge < -0.3 is 16.4 Å². The second-order valence-electron chi connectivity index (χ2n) is 3.92. The highest BCUT2D eigenvalue weighted by Crippen LogP contribution is 2.29. The first-order valence-corrected chi connectivity index (χ1v) is 6.89. The number of halogens is 3. The van der Waals surface area contributed by atoms with E-state index in [9.17, 15) is 18.0 Å². The summed E-state index contributed by atoms with van der Waals surface area (Å²) in [5.74, 6) is -0.206. The molecule has 0 radical (unpaired) electrons. The number of nitrogens with two attached hydrogens (primary N) is 1. The molecular weight excluding hydrogens is 291 g/mol. The minimum Gasteiger partial charge on any atom is -0.337 e. The zero-order valence-electron chi connectivity index (χ0n) is 10.7. The summed E-state index contributed by atoms with van der Waals surface area (Å²) in [6.45, 7) is 0.719. The van der Waals surface area contributed by atoms with E-state index in [0.717, 1.165) is 11.1 Å². The van der Waals surface area contributed by atoms with Gasteiger partial charge in [-0.3, -0.25) is 0 Å². The van der Waals surface area contributed by atoms with E-state index >= 15 is 0 Å². The predicted molar refractivity (Wildman–Crippen MR) is 73.1 cm³/mol. The summed E-state index contributed by atoms with van der Waals surface area (Å²) < 4.78 is 35.5. The molecule has 1 aromatic rings. The van der Waals surface area contributed by atoms with Crippen molar-refractivity contribution in [3.8, 4) is 0 Å². The maximum Gasteiger partial charge on any atom is 0.441 e. The molecule has 0 aromatic heterocycles. The Morgan fingerprint density at radius 1 is 1.15 bits per heavy atom. The van der Waals surface area contributed by atoms with E-state index in [1.54, 1.807) is 0 Å². The number of amides is 2. The van der Waals surface area contributed by atoms with Crippen molar-refractivity contribution in [3.05, 3.63) is 35.4 Å². The summed E-state index contributed by atoms with van der Waals surface area (Å²) in [6, 6.07) is 6.89. The Labute approximate surface area is 119 Å². The first-order chi connectivity index (χ1) is 9.40. The molecule has 1 rings (SSSR count). The first kappa shape index (κ1) is 16.6. The fourth-order valence-electron chi connectivity index (χ4n) is 1.37. The van der Waals surface area contributed by atoms with Crippen LogP contribution in [0.2, 0.25) is 0 Å². The average Bonchev–Trinajstić information content (AvgIpc) is 2.41. The van der Waals surface area contributed by atoms with Gasteiger partial charge in [-0.15, -0.1) is 0 Å². The van der Waals surface area contributed by atoms with Gasteiger partial charge >= 0.3 is 11.5 Å². The lowest BCUT2D eigenvalue weighted by atomic mass is 10.1. The van der Waals surface area contributed by atoms with Crippen molar-refractivity contribution in [1.82, 2.24) is 10.6 Å². The zero-order chi connectivity index (χ0) is 15.0. The molecule has 112 valence electrons. The van der Waals surface area contributed by atoms with E-state index in [1.165, 1.54) is 0 Å². The van der Waals surface area contributed by atoms with Crippen molar-refractivity contribution in [2.45, 2.75) is 18.6 Å². The Bertz CT molecular complexity index is 423. The fourth-order valence-corrected chi connectivity index (χ4v) is 1.80. The molecule has 0 saturated carbocycles. The zero-order valence-corrected chi connectivity index (χ0v) is 11.5. The predicted octanol–water partition coefficient (Wildman–Crippen LogP) is 2.20. The van der Waals surface area contributed by atoms with E-state index in [1.807, 2.05) is 24.3 Å². The van der Waals surface area contributed by atoms with Crippen LogP contribution in [-0.2, 0) is 13.1 Å². The Balaban J connectivity index is 2.19. The molecule has 4 nitrogen and oxygen atoms in total. The minimum absolute atomic E-state index is 0.0396. The Morgan fingerprint density at radius 3 is 2.30 bits per heavy atom. The Morgan fingerprint density at radius 2 is 1.75 bits per heavy atom. The van der Waals surface area contributed by atoms with Crippen molar-refractivity contribution < 1.29 is 18.0 Å². The minimum atomic E-state index is -4.26. The van der Waals surface area contributed by atoms with Crippen molar-refractivity contribution in [3.63, 3.8) is 0 Å². The first-order valence-electron chi connectivity index (χ1n) is 5.91. The van der Waals surface area contributed by atoms with E-state index < -0.39 is 11.5 Å². The lowest BCUT2D eigenvalue weighted by Crippen LogP contribution is -2.36. The third-order valence-electron chi connectivity index (χ3n) is 2.37. The number of carbonyl (C=O) groups excluding carboxylic acids is 1. The van der Waals surface area contributed by atoms with Gasteiger partial charge in [-0.05, 0) is 22.9 Å². The monoisotopic (exact) mass is 307 g/mol. The van der Waals surface area contributed by atoms with Gasteiger partial charge in [-0.1, -0.05) is 24.3 Å². The number of hydrogen-bond donors (Lipinski definition) is 3. The molecule has 0 unspecified atom stereocenters. The number of rotatable bonds is 6. The van der Waals surface area contributed by atoms with Crippen LogP contribution < -0.4 is 16.4 Å². The highest BCUT2D eigenvalue weighted by molar-refractivity contribution is 8.00. The highest BCUT2D eigenvalue weighted by Gasteiger charge is 2.27. The van der Waals surface area contributed by atoms with Crippen molar-refractivity contribution in [2.75, 3.05) is 12.3 Å². The van der Waals surface area contributed by atoms with Gasteiger partial charge in [0.2, 0.25) is 0 Å². The molecule has 0 spiro atoms. The third kappa shape index (κ3) is 7.25. The summed E-state index contributed by atoms with van der Waals surface area (Å²) in [6.07, 6.45) is 0.